The first-order chi connectivity index (χ1) is 12.2. The molecule has 0 N–H and O–H groups in total. The number of allylic oxidation sites excluding steroid dienone is 4. The predicted molar refractivity (Wildman–Crippen MR) is 121 cm³/mol. The molecule has 2 aliphatic carbocycles. The summed E-state index contributed by atoms with van der Waals surface area (Å²) in [5.41, 5.74) is 5.77. The maximum absolute atomic E-state index is 3.74. The Morgan fingerprint density at radius 1 is 0.828 bits per heavy atom. The van der Waals surface area contributed by atoms with Gasteiger partial charge in [0.2, 0.25) is 0 Å². The van der Waals surface area contributed by atoms with E-state index in [2.05, 4.69) is 87.8 Å². The molecule has 0 heterocycles. The maximum Gasteiger partial charge on any atom is 4.00 e. The second-order valence-corrected chi connectivity index (χ2v) is 19.4. The third-order valence-electron chi connectivity index (χ3n) is 5.05. The molecule has 4 rings (SSSR count). The molecule has 0 fully saturated rings. The summed E-state index contributed by atoms with van der Waals surface area (Å²) in [5.74, 6) is 0. The largest absolute Gasteiger partial charge is 4.00 e. The zero-order valence-electron chi connectivity index (χ0n) is 18.3. The molecule has 2 aromatic carbocycles. The van der Waals surface area contributed by atoms with Gasteiger partial charge in [-0.05, 0) is 6.42 Å². The summed E-state index contributed by atoms with van der Waals surface area (Å²) in [7, 11) is -2.49. The Bertz CT molecular complexity index is 804. The molecule has 0 unspecified atom stereocenters. The van der Waals surface area contributed by atoms with Crippen LogP contribution >= 0.6 is 0 Å². The van der Waals surface area contributed by atoms with Gasteiger partial charge in [-0.25, -0.2) is 12.2 Å². The van der Waals surface area contributed by atoms with Crippen LogP contribution in [0, 0.1) is 12.1 Å². The molecular formula is C24H30Cl2Si2Zr. The minimum atomic E-state index is -1.27. The van der Waals surface area contributed by atoms with E-state index in [1.165, 1.54) is 27.4 Å². The van der Waals surface area contributed by atoms with E-state index in [-0.39, 0.29) is 51.0 Å². The topological polar surface area (TPSA) is 0 Å². The van der Waals surface area contributed by atoms with Gasteiger partial charge < -0.3 is 24.8 Å². The molecule has 0 spiro atoms. The number of halogens is 2. The van der Waals surface area contributed by atoms with Crippen molar-refractivity contribution < 1.29 is 51.0 Å². The van der Waals surface area contributed by atoms with Gasteiger partial charge in [0.05, 0.1) is 16.1 Å². The van der Waals surface area contributed by atoms with Crippen LogP contribution in [0.1, 0.15) is 17.5 Å². The first-order valence-electron chi connectivity index (χ1n) is 9.57. The molecule has 152 valence electrons. The fraction of sp³-hybridized carbons (Fsp3) is 0.333. The van der Waals surface area contributed by atoms with E-state index in [1.807, 2.05) is 12.2 Å². The average Bonchev–Trinajstić information content (AvgIpc) is 3.23. The van der Waals surface area contributed by atoms with Crippen molar-refractivity contribution in [3.63, 3.8) is 0 Å². The molecule has 29 heavy (non-hydrogen) atoms. The number of rotatable bonds is 2. The molecule has 2 aliphatic rings. The smallest absolute Gasteiger partial charge is 1.00 e. The SMILES string of the molecule is C[Si](C)(C)c1[c-]c2c(cc1)-c1ccc([Si](C)(C)C)cc1C2.[C-]1=CC=CC1.[Cl-].[Cl-].[Zr+4]. The van der Waals surface area contributed by atoms with Crippen molar-refractivity contribution in [1.29, 1.82) is 0 Å². The van der Waals surface area contributed by atoms with Gasteiger partial charge >= 0.3 is 26.2 Å². The summed E-state index contributed by atoms with van der Waals surface area (Å²) >= 11 is 0. The summed E-state index contributed by atoms with van der Waals surface area (Å²) in [6.45, 7) is 14.5. The number of hydrogen-bond donors (Lipinski definition) is 0. The molecule has 0 atom stereocenters. The summed E-state index contributed by atoms with van der Waals surface area (Å²) in [6, 6.07) is 15.5. The first kappa shape index (κ1) is 28.8. The van der Waals surface area contributed by atoms with E-state index in [9.17, 15) is 0 Å². The summed E-state index contributed by atoms with van der Waals surface area (Å²) in [5, 5.41) is 3.03. The zero-order chi connectivity index (χ0) is 18.9. The Morgan fingerprint density at radius 2 is 1.48 bits per heavy atom. The molecule has 0 amide bonds. The number of fused-ring (bicyclic) bond motifs is 3. The standard InChI is InChI=1S/C19H25Si2.C5H5.2ClH.Zr/c1-20(2,3)16-7-9-18-14(12-16)11-15-13-17(21(4,5)6)8-10-19(15)18;1-2-4-5-3-1;;;/h7-10,12H,11H2,1-6H3;1-3H,4H2;2*1H;/q2*-1;;;+4/p-2. The average molecular weight is 537 g/mol. The Hall–Kier alpha value is -0.183. The van der Waals surface area contributed by atoms with Gasteiger partial charge in [-0.2, -0.15) is 35.0 Å². The summed E-state index contributed by atoms with van der Waals surface area (Å²) in [6.07, 6.45) is 11.1. The van der Waals surface area contributed by atoms with E-state index >= 15 is 0 Å². The van der Waals surface area contributed by atoms with E-state index in [1.54, 1.807) is 5.19 Å². The molecule has 0 bridgehead atoms. The molecule has 0 aliphatic heterocycles. The van der Waals surface area contributed by atoms with E-state index < -0.39 is 16.1 Å². The number of benzene rings is 2. The van der Waals surface area contributed by atoms with Crippen LogP contribution in [0.5, 0.6) is 0 Å². The predicted octanol–water partition coefficient (Wildman–Crippen LogP) is -0.540. The Kier molecular flexibility index (Phi) is 11.4. The minimum Gasteiger partial charge on any atom is -1.00 e. The van der Waals surface area contributed by atoms with E-state index in [0.717, 1.165) is 12.8 Å². The molecule has 2 aromatic rings. The van der Waals surface area contributed by atoms with E-state index in [0.29, 0.717) is 0 Å². The van der Waals surface area contributed by atoms with Crippen LogP contribution in [-0.4, -0.2) is 16.1 Å². The van der Waals surface area contributed by atoms with Gasteiger partial charge in [-0.15, -0.1) is 12.0 Å². The third-order valence-corrected chi connectivity index (χ3v) is 9.00. The summed E-state index contributed by atoms with van der Waals surface area (Å²) < 4.78 is 0. The van der Waals surface area contributed by atoms with Crippen LogP contribution in [-0.2, 0) is 32.6 Å². The van der Waals surface area contributed by atoms with Crippen molar-refractivity contribution in [2.24, 2.45) is 0 Å². The molecular weight excluding hydrogens is 507 g/mol. The van der Waals surface area contributed by atoms with E-state index in [4.69, 9.17) is 0 Å². The second kappa shape index (κ2) is 11.4. The molecule has 0 radical (unpaired) electrons. The monoisotopic (exact) mass is 534 g/mol. The zero-order valence-corrected chi connectivity index (χ0v) is 24.3. The van der Waals surface area contributed by atoms with Crippen molar-refractivity contribution >= 4 is 26.5 Å². The second-order valence-electron chi connectivity index (χ2n) is 9.32. The van der Waals surface area contributed by atoms with Gasteiger partial charge in [0.15, 0.2) is 0 Å². The molecule has 5 heteroatoms. The first-order valence-corrected chi connectivity index (χ1v) is 16.6. The number of hydrogen-bond acceptors (Lipinski definition) is 0. The van der Waals surface area contributed by atoms with Gasteiger partial charge in [-0.3, -0.25) is 6.08 Å². The van der Waals surface area contributed by atoms with Crippen LogP contribution in [0.25, 0.3) is 11.1 Å². The van der Waals surface area contributed by atoms with Crippen molar-refractivity contribution in [2.75, 3.05) is 0 Å². The van der Waals surface area contributed by atoms with Crippen molar-refractivity contribution in [2.45, 2.75) is 52.1 Å². The van der Waals surface area contributed by atoms with Crippen LogP contribution < -0.4 is 35.2 Å². The molecule has 0 saturated heterocycles. The van der Waals surface area contributed by atoms with Crippen LogP contribution in [0.15, 0.2) is 48.6 Å². The Morgan fingerprint density at radius 3 is 1.97 bits per heavy atom. The van der Waals surface area contributed by atoms with Crippen molar-refractivity contribution in [1.82, 2.24) is 0 Å². The molecule has 0 nitrogen and oxygen atoms in total. The van der Waals surface area contributed by atoms with Crippen LogP contribution in [0.2, 0.25) is 39.3 Å². The molecule has 0 aromatic heterocycles. The minimum absolute atomic E-state index is 0. The van der Waals surface area contributed by atoms with Gasteiger partial charge in [-0.1, -0.05) is 73.8 Å². The van der Waals surface area contributed by atoms with Gasteiger partial charge in [0.1, 0.15) is 0 Å². The fourth-order valence-corrected chi connectivity index (χ4v) is 5.67. The van der Waals surface area contributed by atoms with Crippen LogP contribution in [0.3, 0.4) is 0 Å². The van der Waals surface area contributed by atoms with Crippen molar-refractivity contribution in [3.05, 3.63) is 71.8 Å². The molecule has 0 saturated carbocycles. The third kappa shape index (κ3) is 7.18. The Balaban J connectivity index is 0.000000863. The van der Waals surface area contributed by atoms with Crippen molar-refractivity contribution in [3.8, 4) is 11.1 Å². The Labute approximate surface area is 211 Å². The fourth-order valence-electron chi connectivity index (χ4n) is 3.37. The van der Waals surface area contributed by atoms with Gasteiger partial charge in [0.25, 0.3) is 0 Å². The maximum atomic E-state index is 3.74. The summed E-state index contributed by atoms with van der Waals surface area (Å²) in [4.78, 5) is 0. The normalized spacial score (nSPS) is 13.2. The van der Waals surface area contributed by atoms with Gasteiger partial charge in [0, 0.05) is 0 Å². The quantitative estimate of drug-likeness (QED) is 0.305. The van der Waals surface area contributed by atoms with Crippen LogP contribution in [0.4, 0.5) is 0 Å².